The first-order valence-electron chi connectivity index (χ1n) is 12.1. The summed E-state index contributed by atoms with van der Waals surface area (Å²) >= 11 is 1.39. The van der Waals surface area contributed by atoms with E-state index >= 15 is 0 Å². The standard InChI is InChI=1S/C24H38N4O5S/c1-13(2)8-9-16-23(5,33-16)19-18(31-7)15(10-11-24(19)12-32-24)28(22(29)30)17(14(3)4)20-26-27-21(25-6)34-20/h8,14-19H,9-12H2,1-7H3,(H,25,27)(H,29,30)/t15-,16-,17+,18-,19?,23+,24+/m1/s1. The molecule has 34 heavy (non-hydrogen) atoms. The summed E-state index contributed by atoms with van der Waals surface area (Å²) in [4.78, 5) is 14.4. The fourth-order valence-corrected chi connectivity index (χ4v) is 6.88. The average molecular weight is 495 g/mol. The van der Waals surface area contributed by atoms with E-state index in [1.165, 1.54) is 16.9 Å². The molecule has 2 N–H and O–H groups in total. The zero-order valence-corrected chi connectivity index (χ0v) is 22.0. The molecule has 4 rings (SSSR count). The van der Waals surface area contributed by atoms with Crippen LogP contribution in [0.15, 0.2) is 11.6 Å². The first-order valence-corrected chi connectivity index (χ1v) is 12.9. The van der Waals surface area contributed by atoms with Crippen LogP contribution in [0.4, 0.5) is 9.93 Å². The second-order valence-electron chi connectivity index (χ2n) is 10.5. The van der Waals surface area contributed by atoms with Gasteiger partial charge in [0.2, 0.25) is 5.13 Å². The molecule has 3 fully saturated rings. The van der Waals surface area contributed by atoms with Crippen LogP contribution in [0.2, 0.25) is 0 Å². The first-order chi connectivity index (χ1) is 16.1. The molecule has 0 radical (unpaired) electrons. The predicted molar refractivity (Wildman–Crippen MR) is 130 cm³/mol. The molecule has 2 saturated heterocycles. The molecule has 0 bridgehead atoms. The fourth-order valence-electron chi connectivity index (χ4n) is 5.91. The van der Waals surface area contributed by atoms with Gasteiger partial charge in [-0.05, 0) is 46.0 Å². The van der Waals surface area contributed by atoms with E-state index in [4.69, 9.17) is 14.2 Å². The van der Waals surface area contributed by atoms with Crippen LogP contribution in [0.25, 0.3) is 0 Å². The summed E-state index contributed by atoms with van der Waals surface area (Å²) in [7, 11) is 3.46. The molecule has 1 aromatic rings. The van der Waals surface area contributed by atoms with Gasteiger partial charge in [-0.1, -0.05) is 36.8 Å². The molecule has 1 saturated carbocycles. The summed E-state index contributed by atoms with van der Waals surface area (Å²) in [6.45, 7) is 11.0. The third-order valence-electron chi connectivity index (χ3n) is 7.68. The number of anilines is 1. The molecule has 1 amide bonds. The highest BCUT2D eigenvalue weighted by atomic mass is 32.1. The minimum absolute atomic E-state index is 0.0101. The van der Waals surface area contributed by atoms with Gasteiger partial charge in [-0.15, -0.1) is 10.2 Å². The van der Waals surface area contributed by atoms with Gasteiger partial charge < -0.3 is 24.6 Å². The molecule has 10 heteroatoms. The van der Waals surface area contributed by atoms with Crippen molar-refractivity contribution in [3.8, 4) is 0 Å². The van der Waals surface area contributed by atoms with E-state index < -0.39 is 17.7 Å². The van der Waals surface area contributed by atoms with Crippen LogP contribution in [0, 0.1) is 11.8 Å². The topological polar surface area (TPSA) is 113 Å². The van der Waals surface area contributed by atoms with Gasteiger partial charge in [-0.3, -0.25) is 4.90 Å². The van der Waals surface area contributed by atoms with Gasteiger partial charge in [0.05, 0.1) is 36.5 Å². The van der Waals surface area contributed by atoms with E-state index in [2.05, 4.69) is 42.4 Å². The third-order valence-corrected chi connectivity index (χ3v) is 8.69. The Morgan fingerprint density at radius 3 is 2.62 bits per heavy atom. The normalized spacial score (nSPS) is 35.2. The van der Waals surface area contributed by atoms with E-state index in [1.54, 1.807) is 19.1 Å². The highest BCUT2D eigenvalue weighted by Gasteiger charge is 2.72. The summed E-state index contributed by atoms with van der Waals surface area (Å²) < 4.78 is 18.5. The van der Waals surface area contributed by atoms with Gasteiger partial charge >= 0.3 is 6.09 Å². The van der Waals surface area contributed by atoms with Crippen molar-refractivity contribution in [3.05, 3.63) is 16.7 Å². The zero-order valence-electron chi connectivity index (χ0n) is 21.2. The maximum Gasteiger partial charge on any atom is 0.408 e. The molecule has 0 aromatic carbocycles. The molecule has 9 nitrogen and oxygen atoms in total. The van der Waals surface area contributed by atoms with Gasteiger partial charge in [-0.2, -0.15) is 0 Å². The number of hydrogen-bond acceptors (Lipinski definition) is 8. The number of amides is 1. The van der Waals surface area contributed by atoms with E-state index in [9.17, 15) is 9.90 Å². The molecule has 1 aliphatic carbocycles. The molecule has 3 heterocycles. The molecule has 3 aliphatic rings. The molecular weight excluding hydrogens is 456 g/mol. The Kier molecular flexibility index (Phi) is 6.98. The highest BCUT2D eigenvalue weighted by molar-refractivity contribution is 7.15. The van der Waals surface area contributed by atoms with Crippen molar-refractivity contribution in [2.45, 2.75) is 89.4 Å². The number of methoxy groups -OCH3 is 1. The minimum atomic E-state index is -0.971. The number of hydrogen-bond donors (Lipinski definition) is 2. The predicted octanol–water partition coefficient (Wildman–Crippen LogP) is 4.33. The number of allylic oxidation sites excluding steroid dienone is 1. The number of ether oxygens (including phenoxy) is 3. The maximum absolute atomic E-state index is 12.8. The van der Waals surface area contributed by atoms with Crippen LogP contribution in [0.5, 0.6) is 0 Å². The Balaban J connectivity index is 1.68. The van der Waals surface area contributed by atoms with Gasteiger partial charge in [0.1, 0.15) is 10.6 Å². The van der Waals surface area contributed by atoms with E-state index in [1.807, 2.05) is 13.8 Å². The molecule has 1 aromatic heterocycles. The largest absolute Gasteiger partial charge is 0.465 e. The fraction of sp³-hybridized carbons (Fsp3) is 0.792. The van der Waals surface area contributed by atoms with Crippen LogP contribution in [0.3, 0.4) is 0 Å². The van der Waals surface area contributed by atoms with Crippen LogP contribution >= 0.6 is 11.3 Å². The lowest BCUT2D eigenvalue weighted by molar-refractivity contribution is -0.102. The van der Waals surface area contributed by atoms with Gasteiger partial charge in [0, 0.05) is 20.1 Å². The number of nitrogens with zero attached hydrogens (tertiary/aromatic N) is 3. The van der Waals surface area contributed by atoms with Crippen molar-refractivity contribution in [2.75, 3.05) is 26.1 Å². The number of nitrogens with one attached hydrogen (secondary N) is 1. The summed E-state index contributed by atoms with van der Waals surface area (Å²) in [5, 5.41) is 23.3. The molecule has 2 aliphatic heterocycles. The van der Waals surface area contributed by atoms with Gasteiger partial charge in [0.25, 0.3) is 0 Å². The third kappa shape index (κ3) is 4.45. The van der Waals surface area contributed by atoms with Crippen LogP contribution in [0.1, 0.15) is 64.9 Å². The molecule has 1 unspecified atom stereocenters. The Labute approximate surface area is 205 Å². The second kappa shape index (κ2) is 9.37. The van der Waals surface area contributed by atoms with Crippen molar-refractivity contribution < 1.29 is 24.1 Å². The smallest absolute Gasteiger partial charge is 0.408 e. The number of rotatable bonds is 9. The lowest BCUT2D eigenvalue weighted by atomic mass is 9.67. The van der Waals surface area contributed by atoms with E-state index in [0.717, 1.165) is 12.8 Å². The van der Waals surface area contributed by atoms with Crippen molar-refractivity contribution in [1.29, 1.82) is 0 Å². The SMILES string of the molecule is CNc1nnc([C@H](C(C)C)N(C(=O)O)[C@@H]2CC[C@]3(CO3)C([C@@]3(C)O[C@@H]3CC=C(C)C)[C@@H]2OC)s1. The minimum Gasteiger partial charge on any atom is -0.465 e. The quantitative estimate of drug-likeness (QED) is 0.385. The summed E-state index contributed by atoms with van der Waals surface area (Å²) in [6, 6.07) is -0.772. The van der Waals surface area contributed by atoms with Gasteiger partial charge in [-0.25, -0.2) is 4.79 Å². The molecule has 190 valence electrons. The lowest BCUT2D eigenvalue weighted by Gasteiger charge is -2.48. The highest BCUT2D eigenvalue weighted by Crippen LogP contribution is 2.60. The zero-order chi connectivity index (χ0) is 24.8. The number of carboxylic acid groups (broad SMARTS) is 1. The van der Waals surface area contributed by atoms with Crippen LogP contribution in [-0.2, 0) is 14.2 Å². The average Bonchev–Trinajstić information content (AvgIpc) is 3.63. The summed E-state index contributed by atoms with van der Waals surface area (Å²) in [5.74, 6) is -0.0489. The van der Waals surface area contributed by atoms with Crippen LogP contribution < -0.4 is 5.32 Å². The Morgan fingerprint density at radius 2 is 2.12 bits per heavy atom. The van der Waals surface area contributed by atoms with Gasteiger partial charge in [0.15, 0.2) is 0 Å². The Hall–Kier alpha value is -1.75. The van der Waals surface area contributed by atoms with Crippen LogP contribution in [-0.4, -0.2) is 76.5 Å². The monoisotopic (exact) mass is 494 g/mol. The van der Waals surface area contributed by atoms with E-state index in [0.29, 0.717) is 23.2 Å². The number of carbonyl (C=O) groups is 1. The molecule has 7 atom stereocenters. The van der Waals surface area contributed by atoms with Crippen molar-refractivity contribution in [3.63, 3.8) is 0 Å². The lowest BCUT2D eigenvalue weighted by Crippen LogP contribution is -2.61. The summed E-state index contributed by atoms with van der Waals surface area (Å²) in [6.07, 6.45) is 3.23. The van der Waals surface area contributed by atoms with E-state index in [-0.39, 0.29) is 35.7 Å². The Bertz CT molecular complexity index is 928. The number of epoxide rings is 2. The first kappa shape index (κ1) is 25.3. The Morgan fingerprint density at radius 1 is 1.41 bits per heavy atom. The summed E-state index contributed by atoms with van der Waals surface area (Å²) in [5.41, 5.74) is 0.543. The molecule has 1 spiro atoms. The van der Waals surface area contributed by atoms with Crippen molar-refractivity contribution in [2.24, 2.45) is 11.8 Å². The maximum atomic E-state index is 12.8. The van der Waals surface area contributed by atoms with Crippen molar-refractivity contribution in [1.82, 2.24) is 15.1 Å². The second-order valence-corrected chi connectivity index (χ2v) is 11.5. The number of aromatic nitrogens is 2. The molecular formula is C24H38N4O5S. The van der Waals surface area contributed by atoms with Crippen molar-refractivity contribution >= 4 is 22.6 Å².